The maximum Gasteiger partial charge on any atom is 0.257 e. The SMILES string of the molecule is Cc1cc(C)cc(NC(=O)C2CCN(C(=O)c3ccoc3)CC2)c1. The Balaban J connectivity index is 1.56. The molecule has 0 aliphatic carbocycles. The number of benzene rings is 1. The van der Waals surface area contributed by atoms with Gasteiger partial charge >= 0.3 is 0 Å². The molecule has 1 aromatic heterocycles. The lowest BCUT2D eigenvalue weighted by Crippen LogP contribution is -2.41. The minimum atomic E-state index is -0.0563. The number of hydrogen-bond acceptors (Lipinski definition) is 3. The van der Waals surface area contributed by atoms with Gasteiger partial charge in [-0.1, -0.05) is 6.07 Å². The fraction of sp³-hybridized carbons (Fsp3) is 0.368. The van der Waals surface area contributed by atoms with Gasteiger partial charge < -0.3 is 14.6 Å². The van der Waals surface area contributed by atoms with Crippen LogP contribution in [0.1, 0.15) is 34.3 Å². The number of carbonyl (C=O) groups excluding carboxylic acids is 2. The van der Waals surface area contributed by atoms with E-state index in [1.54, 1.807) is 11.0 Å². The van der Waals surface area contributed by atoms with Crippen molar-refractivity contribution >= 4 is 17.5 Å². The Labute approximate surface area is 141 Å². The van der Waals surface area contributed by atoms with E-state index in [0.717, 1.165) is 16.8 Å². The summed E-state index contributed by atoms with van der Waals surface area (Å²) in [7, 11) is 0. The van der Waals surface area contributed by atoms with Crippen LogP contribution in [0.4, 0.5) is 5.69 Å². The van der Waals surface area contributed by atoms with E-state index in [0.29, 0.717) is 31.5 Å². The summed E-state index contributed by atoms with van der Waals surface area (Å²) in [5.74, 6) is -0.0495. The van der Waals surface area contributed by atoms with Crippen molar-refractivity contribution in [1.29, 1.82) is 0 Å². The number of amides is 2. The number of piperidine rings is 1. The van der Waals surface area contributed by atoms with Gasteiger partial charge in [0.2, 0.25) is 5.91 Å². The highest BCUT2D eigenvalue weighted by Gasteiger charge is 2.28. The summed E-state index contributed by atoms with van der Waals surface area (Å²) in [5.41, 5.74) is 3.67. The van der Waals surface area contributed by atoms with Crippen LogP contribution in [0.2, 0.25) is 0 Å². The largest absolute Gasteiger partial charge is 0.472 e. The maximum atomic E-state index is 12.5. The molecule has 1 fully saturated rings. The van der Waals surface area contributed by atoms with Gasteiger partial charge in [0, 0.05) is 24.7 Å². The number of nitrogens with one attached hydrogen (secondary N) is 1. The molecule has 5 heteroatoms. The molecule has 1 aromatic carbocycles. The zero-order chi connectivity index (χ0) is 17.1. The summed E-state index contributed by atoms with van der Waals surface area (Å²) in [6.07, 6.45) is 4.32. The summed E-state index contributed by atoms with van der Waals surface area (Å²) in [5, 5.41) is 3.01. The zero-order valence-corrected chi connectivity index (χ0v) is 14.0. The molecule has 0 spiro atoms. The highest BCUT2D eigenvalue weighted by atomic mass is 16.3. The zero-order valence-electron chi connectivity index (χ0n) is 14.0. The minimum Gasteiger partial charge on any atom is -0.472 e. The van der Waals surface area contributed by atoms with E-state index in [1.807, 2.05) is 26.0 Å². The molecule has 0 radical (unpaired) electrons. The fourth-order valence-corrected chi connectivity index (χ4v) is 3.20. The van der Waals surface area contributed by atoms with Crippen LogP contribution in [0.25, 0.3) is 0 Å². The van der Waals surface area contributed by atoms with Crippen molar-refractivity contribution in [3.05, 3.63) is 53.5 Å². The van der Waals surface area contributed by atoms with Crippen LogP contribution in [0, 0.1) is 19.8 Å². The first-order chi connectivity index (χ1) is 11.5. The average Bonchev–Trinajstić information content (AvgIpc) is 3.07. The first kappa shape index (κ1) is 16.3. The second-order valence-corrected chi connectivity index (χ2v) is 6.44. The Morgan fingerprint density at radius 1 is 1.12 bits per heavy atom. The smallest absolute Gasteiger partial charge is 0.257 e. The molecule has 1 aliphatic heterocycles. The molecule has 1 saturated heterocycles. The predicted molar refractivity (Wildman–Crippen MR) is 91.9 cm³/mol. The molecule has 2 heterocycles. The van der Waals surface area contributed by atoms with E-state index in [-0.39, 0.29) is 17.7 Å². The van der Waals surface area contributed by atoms with Crippen molar-refractivity contribution in [3.8, 4) is 0 Å². The predicted octanol–water partition coefficient (Wildman–Crippen LogP) is 3.39. The van der Waals surface area contributed by atoms with Crippen molar-refractivity contribution in [2.75, 3.05) is 18.4 Å². The van der Waals surface area contributed by atoms with Crippen LogP contribution in [0.15, 0.2) is 41.2 Å². The quantitative estimate of drug-likeness (QED) is 0.940. The summed E-state index contributed by atoms with van der Waals surface area (Å²) >= 11 is 0. The molecule has 24 heavy (non-hydrogen) atoms. The summed E-state index contributed by atoms with van der Waals surface area (Å²) in [6.45, 7) is 5.22. The number of carbonyl (C=O) groups is 2. The first-order valence-corrected chi connectivity index (χ1v) is 8.23. The molecule has 126 valence electrons. The third-order valence-electron chi connectivity index (χ3n) is 4.41. The van der Waals surface area contributed by atoms with Gasteiger partial charge in [-0.05, 0) is 56.0 Å². The molecule has 0 atom stereocenters. The van der Waals surface area contributed by atoms with Crippen LogP contribution >= 0.6 is 0 Å². The van der Waals surface area contributed by atoms with E-state index >= 15 is 0 Å². The summed E-state index contributed by atoms with van der Waals surface area (Å²) in [6, 6.07) is 7.70. The second-order valence-electron chi connectivity index (χ2n) is 6.44. The lowest BCUT2D eigenvalue weighted by Gasteiger charge is -2.31. The molecule has 1 N–H and O–H groups in total. The van der Waals surface area contributed by atoms with Gasteiger partial charge in [-0.25, -0.2) is 0 Å². The van der Waals surface area contributed by atoms with Crippen LogP contribution in [-0.2, 0) is 4.79 Å². The van der Waals surface area contributed by atoms with Gasteiger partial charge in [-0.15, -0.1) is 0 Å². The standard InChI is InChI=1S/C19H22N2O3/c1-13-9-14(2)11-17(10-13)20-18(22)15-3-6-21(7-4-15)19(23)16-5-8-24-12-16/h5,8-12,15H,3-4,6-7H2,1-2H3,(H,20,22). The number of furan rings is 1. The number of rotatable bonds is 3. The van der Waals surface area contributed by atoms with Gasteiger partial charge in [0.1, 0.15) is 6.26 Å². The number of aryl methyl sites for hydroxylation is 2. The van der Waals surface area contributed by atoms with Gasteiger partial charge in [0.25, 0.3) is 5.91 Å². The summed E-state index contributed by atoms with van der Waals surface area (Å²) < 4.78 is 4.96. The van der Waals surface area contributed by atoms with Crippen molar-refractivity contribution in [2.24, 2.45) is 5.92 Å². The molecule has 2 amide bonds. The molecule has 5 nitrogen and oxygen atoms in total. The fourth-order valence-electron chi connectivity index (χ4n) is 3.20. The molecular formula is C19H22N2O3. The maximum absolute atomic E-state index is 12.5. The highest BCUT2D eigenvalue weighted by Crippen LogP contribution is 2.22. The number of hydrogen-bond donors (Lipinski definition) is 1. The Bertz CT molecular complexity index is 709. The van der Waals surface area contributed by atoms with Crippen LogP contribution in [0.5, 0.6) is 0 Å². The van der Waals surface area contributed by atoms with Gasteiger partial charge in [-0.3, -0.25) is 9.59 Å². The van der Waals surface area contributed by atoms with Gasteiger partial charge in [0.05, 0.1) is 11.8 Å². The third-order valence-corrected chi connectivity index (χ3v) is 4.41. The van der Waals surface area contributed by atoms with Gasteiger partial charge in [0.15, 0.2) is 0 Å². The first-order valence-electron chi connectivity index (χ1n) is 8.23. The molecule has 3 rings (SSSR count). The molecular weight excluding hydrogens is 304 g/mol. The number of likely N-dealkylation sites (tertiary alicyclic amines) is 1. The van der Waals surface area contributed by atoms with E-state index in [2.05, 4.69) is 11.4 Å². The van der Waals surface area contributed by atoms with Crippen LogP contribution < -0.4 is 5.32 Å². The third kappa shape index (κ3) is 3.67. The minimum absolute atomic E-state index is 0.0306. The molecule has 0 saturated carbocycles. The van der Waals surface area contributed by atoms with Gasteiger partial charge in [-0.2, -0.15) is 0 Å². The highest BCUT2D eigenvalue weighted by molar-refractivity contribution is 5.95. The second kappa shape index (κ2) is 6.91. The Kier molecular flexibility index (Phi) is 4.69. The van der Waals surface area contributed by atoms with Crippen molar-refractivity contribution in [1.82, 2.24) is 4.90 Å². The van der Waals surface area contributed by atoms with E-state index in [4.69, 9.17) is 4.42 Å². The Morgan fingerprint density at radius 3 is 2.38 bits per heavy atom. The van der Waals surface area contributed by atoms with E-state index in [9.17, 15) is 9.59 Å². The Hall–Kier alpha value is -2.56. The van der Waals surface area contributed by atoms with E-state index in [1.165, 1.54) is 12.5 Å². The molecule has 0 bridgehead atoms. The Morgan fingerprint density at radius 2 is 1.79 bits per heavy atom. The molecule has 2 aromatic rings. The normalized spacial score (nSPS) is 15.3. The van der Waals surface area contributed by atoms with Crippen molar-refractivity contribution in [2.45, 2.75) is 26.7 Å². The lowest BCUT2D eigenvalue weighted by atomic mass is 9.95. The molecule has 1 aliphatic rings. The molecule has 0 unspecified atom stereocenters. The van der Waals surface area contributed by atoms with Crippen molar-refractivity contribution < 1.29 is 14.0 Å². The number of anilines is 1. The summed E-state index contributed by atoms with van der Waals surface area (Å²) in [4.78, 5) is 26.5. The van der Waals surface area contributed by atoms with Crippen molar-refractivity contribution in [3.63, 3.8) is 0 Å². The van der Waals surface area contributed by atoms with Crippen LogP contribution in [-0.4, -0.2) is 29.8 Å². The topological polar surface area (TPSA) is 62.6 Å². The average molecular weight is 326 g/mol. The van der Waals surface area contributed by atoms with Crippen LogP contribution in [0.3, 0.4) is 0 Å². The van der Waals surface area contributed by atoms with E-state index < -0.39 is 0 Å². The lowest BCUT2D eigenvalue weighted by molar-refractivity contribution is -0.121. The monoisotopic (exact) mass is 326 g/mol. The number of nitrogens with zero attached hydrogens (tertiary/aromatic N) is 1.